The van der Waals surface area contributed by atoms with E-state index in [0.717, 1.165) is 6.20 Å². The predicted octanol–water partition coefficient (Wildman–Crippen LogP) is 0.762. The summed E-state index contributed by atoms with van der Waals surface area (Å²) in [4.78, 5) is 35.5. The second-order valence-electron chi connectivity index (χ2n) is 5.52. The number of fused-ring (bicyclic) bond motifs is 1. The molecule has 0 aliphatic heterocycles. The maximum absolute atomic E-state index is 12.8. The van der Waals surface area contributed by atoms with Crippen molar-refractivity contribution in [3.63, 3.8) is 0 Å². The fraction of sp³-hybridized carbons (Fsp3) is 0.111. The Morgan fingerprint density at radius 1 is 1.04 bits per heavy atom. The van der Waals surface area contributed by atoms with Gasteiger partial charge in [0.2, 0.25) is 5.43 Å². The van der Waals surface area contributed by atoms with Crippen LogP contribution in [0.3, 0.4) is 0 Å². The molecule has 0 bridgehead atoms. The number of halogens is 1. The van der Waals surface area contributed by atoms with Crippen molar-refractivity contribution in [2.75, 3.05) is 6.61 Å². The van der Waals surface area contributed by atoms with E-state index in [9.17, 15) is 18.8 Å². The molecule has 3 rings (SSSR count). The summed E-state index contributed by atoms with van der Waals surface area (Å²) >= 11 is 0. The topological polar surface area (TPSA) is 102 Å². The largest absolute Gasteiger partial charge is 0.484 e. The van der Waals surface area contributed by atoms with Gasteiger partial charge in [-0.1, -0.05) is 12.1 Å². The molecule has 0 atom stereocenters. The van der Waals surface area contributed by atoms with Crippen molar-refractivity contribution in [1.29, 1.82) is 0 Å². The van der Waals surface area contributed by atoms with Crippen LogP contribution in [0.4, 0.5) is 4.39 Å². The summed E-state index contributed by atoms with van der Waals surface area (Å²) in [7, 11) is 0. The number of rotatable bonds is 5. The molecule has 0 saturated heterocycles. The van der Waals surface area contributed by atoms with E-state index in [1.54, 1.807) is 24.3 Å². The molecule has 8 nitrogen and oxygen atoms in total. The van der Waals surface area contributed by atoms with Crippen molar-refractivity contribution >= 4 is 22.7 Å². The maximum Gasteiger partial charge on any atom is 0.276 e. The van der Waals surface area contributed by atoms with Crippen LogP contribution in [0.2, 0.25) is 0 Å². The average Bonchev–Trinajstić information content (AvgIpc) is 2.68. The highest BCUT2D eigenvalue weighted by atomic mass is 19.1. The fourth-order valence-corrected chi connectivity index (χ4v) is 2.32. The lowest BCUT2D eigenvalue weighted by Crippen LogP contribution is -2.45. The van der Waals surface area contributed by atoms with Crippen LogP contribution in [0.25, 0.3) is 10.9 Å². The van der Waals surface area contributed by atoms with Gasteiger partial charge in [-0.05, 0) is 36.4 Å². The molecule has 0 aliphatic carbocycles. The van der Waals surface area contributed by atoms with E-state index < -0.39 is 17.6 Å². The second kappa shape index (κ2) is 8.09. The number of carbonyl (C=O) groups excluding carboxylic acids is 2. The van der Waals surface area contributed by atoms with Gasteiger partial charge in [0.15, 0.2) is 6.61 Å². The Morgan fingerprint density at radius 2 is 1.74 bits per heavy atom. The van der Waals surface area contributed by atoms with Crippen LogP contribution in [0.1, 0.15) is 0 Å². The SMILES string of the molecule is O=C(COc1ccc(F)cc1)NNC(=O)Cn1ncc(=O)c2ccccc21. The van der Waals surface area contributed by atoms with Crippen LogP contribution in [-0.4, -0.2) is 28.2 Å². The second-order valence-corrected chi connectivity index (χ2v) is 5.52. The monoisotopic (exact) mass is 370 g/mol. The molecule has 2 N–H and O–H groups in total. The van der Waals surface area contributed by atoms with Gasteiger partial charge in [0, 0.05) is 5.39 Å². The van der Waals surface area contributed by atoms with E-state index >= 15 is 0 Å². The first-order valence-corrected chi connectivity index (χ1v) is 7.94. The van der Waals surface area contributed by atoms with Crippen molar-refractivity contribution in [2.24, 2.45) is 0 Å². The van der Waals surface area contributed by atoms with Gasteiger partial charge in [0.05, 0.1) is 11.7 Å². The lowest BCUT2D eigenvalue weighted by Gasteiger charge is -2.11. The number of amides is 2. The summed E-state index contributed by atoms with van der Waals surface area (Å²) in [5.41, 5.74) is 4.71. The Morgan fingerprint density at radius 3 is 2.52 bits per heavy atom. The molecule has 0 spiro atoms. The molecule has 27 heavy (non-hydrogen) atoms. The number of hydrogen-bond acceptors (Lipinski definition) is 5. The zero-order valence-corrected chi connectivity index (χ0v) is 14.0. The molecule has 1 aromatic heterocycles. The van der Waals surface area contributed by atoms with Gasteiger partial charge in [0.1, 0.15) is 18.1 Å². The number of benzene rings is 2. The Balaban J connectivity index is 1.52. The van der Waals surface area contributed by atoms with Gasteiger partial charge in [-0.2, -0.15) is 5.10 Å². The Hall–Kier alpha value is -3.75. The van der Waals surface area contributed by atoms with Gasteiger partial charge in [-0.25, -0.2) is 4.39 Å². The molecular formula is C18H15FN4O4. The van der Waals surface area contributed by atoms with Crippen LogP contribution >= 0.6 is 0 Å². The molecular weight excluding hydrogens is 355 g/mol. The molecule has 3 aromatic rings. The number of nitrogens with one attached hydrogen (secondary N) is 2. The zero-order chi connectivity index (χ0) is 19.2. The third kappa shape index (κ3) is 4.66. The number of para-hydroxylation sites is 1. The van der Waals surface area contributed by atoms with Crippen molar-refractivity contribution in [2.45, 2.75) is 6.54 Å². The summed E-state index contributed by atoms with van der Waals surface area (Å²) < 4.78 is 19.3. The highest BCUT2D eigenvalue weighted by Gasteiger charge is 2.09. The standard InChI is InChI=1S/C18H15FN4O4/c19-12-5-7-13(8-6-12)27-11-18(26)22-21-17(25)10-23-15-4-2-1-3-14(15)16(24)9-20-23/h1-9H,10-11H2,(H,21,25)(H,22,26). The van der Waals surface area contributed by atoms with E-state index in [-0.39, 0.29) is 18.6 Å². The molecule has 0 radical (unpaired) electrons. The quantitative estimate of drug-likeness (QED) is 0.646. The summed E-state index contributed by atoms with van der Waals surface area (Å²) in [6, 6.07) is 11.9. The van der Waals surface area contributed by atoms with Gasteiger partial charge in [-0.3, -0.25) is 29.9 Å². The highest BCUT2D eigenvalue weighted by Crippen LogP contribution is 2.10. The summed E-state index contributed by atoms with van der Waals surface area (Å²) in [5, 5.41) is 4.37. The summed E-state index contributed by atoms with van der Waals surface area (Å²) in [6.45, 7) is -0.551. The Kier molecular flexibility index (Phi) is 5.41. The highest BCUT2D eigenvalue weighted by molar-refractivity contribution is 5.84. The van der Waals surface area contributed by atoms with Crippen LogP contribution in [-0.2, 0) is 16.1 Å². The average molecular weight is 370 g/mol. The third-order valence-electron chi connectivity index (χ3n) is 3.58. The molecule has 2 amide bonds. The van der Waals surface area contributed by atoms with Crippen molar-refractivity contribution < 1.29 is 18.7 Å². The molecule has 0 aliphatic rings. The number of hydrazine groups is 1. The van der Waals surface area contributed by atoms with Crippen molar-refractivity contribution in [3.8, 4) is 5.75 Å². The van der Waals surface area contributed by atoms with Crippen LogP contribution in [0, 0.1) is 5.82 Å². The van der Waals surface area contributed by atoms with E-state index in [0.29, 0.717) is 16.7 Å². The summed E-state index contributed by atoms with van der Waals surface area (Å²) in [6.07, 6.45) is 1.13. The fourth-order valence-electron chi connectivity index (χ4n) is 2.32. The van der Waals surface area contributed by atoms with E-state index in [1.165, 1.54) is 28.9 Å². The lowest BCUT2D eigenvalue weighted by molar-refractivity contribution is -0.130. The third-order valence-corrected chi connectivity index (χ3v) is 3.58. The maximum atomic E-state index is 12.8. The Labute approximate surface area is 152 Å². The lowest BCUT2D eigenvalue weighted by atomic mass is 10.2. The molecule has 9 heteroatoms. The smallest absolute Gasteiger partial charge is 0.276 e. The first-order chi connectivity index (χ1) is 13.0. The minimum Gasteiger partial charge on any atom is -0.484 e. The minimum atomic E-state index is -0.592. The molecule has 0 fully saturated rings. The number of hydrogen-bond donors (Lipinski definition) is 2. The van der Waals surface area contributed by atoms with Gasteiger partial charge in [0.25, 0.3) is 11.8 Å². The molecule has 138 valence electrons. The van der Waals surface area contributed by atoms with E-state index in [4.69, 9.17) is 4.74 Å². The Bertz CT molecular complexity index is 1030. The number of aromatic nitrogens is 2. The van der Waals surface area contributed by atoms with Crippen LogP contribution < -0.4 is 21.0 Å². The van der Waals surface area contributed by atoms with Gasteiger partial charge in [-0.15, -0.1) is 0 Å². The normalized spacial score (nSPS) is 10.4. The number of carbonyl (C=O) groups is 2. The van der Waals surface area contributed by atoms with Crippen molar-refractivity contribution in [3.05, 3.63) is 70.8 Å². The molecule has 0 saturated carbocycles. The number of ether oxygens (including phenoxy) is 1. The zero-order valence-electron chi connectivity index (χ0n) is 14.0. The van der Waals surface area contributed by atoms with Gasteiger partial charge >= 0.3 is 0 Å². The first kappa shape index (κ1) is 18.1. The van der Waals surface area contributed by atoms with Crippen molar-refractivity contribution in [1.82, 2.24) is 20.6 Å². The number of nitrogens with zero attached hydrogens (tertiary/aromatic N) is 2. The van der Waals surface area contributed by atoms with Crippen LogP contribution in [0.15, 0.2) is 59.5 Å². The summed E-state index contributed by atoms with van der Waals surface area (Å²) in [5.74, 6) is -1.22. The minimum absolute atomic E-state index is 0.195. The van der Waals surface area contributed by atoms with Gasteiger partial charge < -0.3 is 4.74 Å². The van der Waals surface area contributed by atoms with Crippen LogP contribution in [0.5, 0.6) is 5.75 Å². The van der Waals surface area contributed by atoms with E-state index in [2.05, 4.69) is 16.0 Å². The predicted molar refractivity (Wildman–Crippen MR) is 94.2 cm³/mol. The molecule has 0 unspecified atom stereocenters. The molecule has 1 heterocycles. The molecule has 2 aromatic carbocycles. The van der Waals surface area contributed by atoms with E-state index in [1.807, 2.05) is 0 Å². The first-order valence-electron chi connectivity index (χ1n) is 7.94.